The molecule has 1 heterocycles. The van der Waals surface area contributed by atoms with Gasteiger partial charge in [0.1, 0.15) is 12.6 Å². The number of aliphatic hydroxyl groups is 1. The first-order chi connectivity index (χ1) is 16.4. The second-order valence-corrected chi connectivity index (χ2v) is 7.64. The summed E-state index contributed by atoms with van der Waals surface area (Å²) in [5.74, 6) is -1.19. The van der Waals surface area contributed by atoms with E-state index in [1.54, 1.807) is 6.07 Å². The van der Waals surface area contributed by atoms with Crippen molar-refractivity contribution in [1.29, 1.82) is 0 Å². The summed E-state index contributed by atoms with van der Waals surface area (Å²) in [6, 6.07) is 19.4. The summed E-state index contributed by atoms with van der Waals surface area (Å²) in [5.41, 5.74) is 2.21. The Bertz CT molecular complexity index is 1120. The number of benzene rings is 2. The van der Waals surface area contributed by atoms with Crippen LogP contribution in [0.4, 0.5) is 4.79 Å². The number of methoxy groups -OCH3 is 1. The molecule has 178 valence electrons. The third kappa shape index (κ3) is 7.56. The Morgan fingerprint density at radius 2 is 1.74 bits per heavy atom. The zero-order valence-electron chi connectivity index (χ0n) is 18.8. The predicted octanol–water partition coefficient (Wildman–Crippen LogP) is 2.11. The second kappa shape index (κ2) is 12.3. The molecule has 34 heavy (non-hydrogen) atoms. The van der Waals surface area contributed by atoms with Crippen LogP contribution in [-0.2, 0) is 32.1 Å². The van der Waals surface area contributed by atoms with Crippen molar-refractivity contribution in [2.75, 3.05) is 13.7 Å². The third-order valence-electron chi connectivity index (χ3n) is 5.01. The molecule has 3 rings (SSSR count). The summed E-state index contributed by atoms with van der Waals surface area (Å²) in [4.78, 5) is 40.9. The zero-order chi connectivity index (χ0) is 24.3. The molecule has 0 spiro atoms. The van der Waals surface area contributed by atoms with Crippen molar-refractivity contribution in [2.45, 2.75) is 31.6 Å². The van der Waals surface area contributed by atoms with Crippen LogP contribution in [0.5, 0.6) is 0 Å². The van der Waals surface area contributed by atoms with E-state index < -0.39 is 30.1 Å². The number of carbonyl (C=O) groups is 3. The molecule has 9 heteroatoms. The highest BCUT2D eigenvalue weighted by Gasteiger charge is 2.24. The van der Waals surface area contributed by atoms with E-state index in [0.29, 0.717) is 5.69 Å². The number of esters is 1. The van der Waals surface area contributed by atoms with E-state index in [1.807, 2.05) is 60.7 Å². The van der Waals surface area contributed by atoms with Gasteiger partial charge in [-0.15, -0.1) is 0 Å². The normalized spacial score (nSPS) is 12.4. The molecule has 3 aromatic rings. The first kappa shape index (κ1) is 24.7. The number of rotatable bonds is 10. The van der Waals surface area contributed by atoms with Crippen LogP contribution in [0.25, 0.3) is 10.9 Å². The summed E-state index contributed by atoms with van der Waals surface area (Å²) in [5, 5.41) is 16.1. The van der Waals surface area contributed by atoms with Gasteiger partial charge < -0.3 is 25.2 Å². The molecular weight excluding hydrogens is 438 g/mol. The first-order valence-electron chi connectivity index (χ1n) is 10.8. The van der Waals surface area contributed by atoms with Crippen LogP contribution in [0.3, 0.4) is 0 Å². The predicted molar refractivity (Wildman–Crippen MR) is 125 cm³/mol. The Kier molecular flexibility index (Phi) is 8.93. The maximum Gasteiger partial charge on any atom is 0.407 e. The quantitative estimate of drug-likeness (QED) is 0.392. The molecule has 2 amide bonds. The van der Waals surface area contributed by atoms with Crippen molar-refractivity contribution < 1.29 is 29.0 Å². The average Bonchev–Trinajstić information content (AvgIpc) is 2.85. The Hall–Kier alpha value is -3.98. The first-order valence-corrected chi connectivity index (χ1v) is 10.8. The number of nitrogens with zero attached hydrogens (tertiary/aromatic N) is 1. The van der Waals surface area contributed by atoms with Gasteiger partial charge in [-0.1, -0.05) is 54.6 Å². The van der Waals surface area contributed by atoms with Crippen molar-refractivity contribution in [2.24, 2.45) is 0 Å². The van der Waals surface area contributed by atoms with Gasteiger partial charge in [0.15, 0.2) is 0 Å². The molecule has 0 bridgehead atoms. The van der Waals surface area contributed by atoms with E-state index in [1.165, 1.54) is 7.11 Å². The minimum absolute atomic E-state index is 0.0902. The number of hydrogen-bond donors (Lipinski definition) is 3. The fourth-order valence-electron chi connectivity index (χ4n) is 3.28. The van der Waals surface area contributed by atoms with Crippen molar-refractivity contribution in [3.8, 4) is 0 Å². The lowest BCUT2D eigenvalue weighted by Crippen LogP contribution is -2.45. The number of hydrogen-bond acceptors (Lipinski definition) is 7. The molecule has 0 fully saturated rings. The van der Waals surface area contributed by atoms with E-state index in [9.17, 15) is 19.5 Å². The molecule has 2 aromatic carbocycles. The summed E-state index contributed by atoms with van der Waals surface area (Å²) in [7, 11) is 1.23. The summed E-state index contributed by atoms with van der Waals surface area (Å²) in [6.45, 7) is -0.0942. The van der Waals surface area contributed by atoms with Crippen molar-refractivity contribution >= 4 is 28.9 Å². The summed E-state index contributed by atoms with van der Waals surface area (Å²) >= 11 is 0. The number of pyridine rings is 1. The van der Waals surface area contributed by atoms with Gasteiger partial charge in [0.2, 0.25) is 5.91 Å². The summed E-state index contributed by atoms with van der Waals surface area (Å²) in [6.07, 6.45) is -2.07. The van der Waals surface area contributed by atoms with Gasteiger partial charge in [-0.2, -0.15) is 0 Å². The van der Waals surface area contributed by atoms with Crippen LogP contribution in [0.2, 0.25) is 0 Å². The number of amides is 2. The molecule has 0 unspecified atom stereocenters. The SMILES string of the molecule is COC(=O)[C@H](Cc1ccc2ccccc2n1)NC(=O)C[C@@H](O)CNC(=O)OCc1ccccc1. The Morgan fingerprint density at radius 1 is 1.00 bits per heavy atom. The van der Waals surface area contributed by atoms with E-state index in [0.717, 1.165) is 16.5 Å². The Balaban J connectivity index is 1.47. The molecule has 0 radical (unpaired) electrons. The van der Waals surface area contributed by atoms with Crippen LogP contribution in [0.1, 0.15) is 17.7 Å². The van der Waals surface area contributed by atoms with Crippen LogP contribution >= 0.6 is 0 Å². The maximum atomic E-state index is 12.4. The Labute approximate surface area is 197 Å². The van der Waals surface area contributed by atoms with Crippen LogP contribution in [0, 0.1) is 0 Å². The van der Waals surface area contributed by atoms with Gasteiger partial charge in [-0.3, -0.25) is 9.78 Å². The average molecular weight is 466 g/mol. The highest BCUT2D eigenvalue weighted by molar-refractivity contribution is 5.85. The van der Waals surface area contributed by atoms with Gasteiger partial charge in [-0.25, -0.2) is 9.59 Å². The molecule has 2 atom stereocenters. The molecule has 0 aliphatic carbocycles. The Morgan fingerprint density at radius 3 is 2.50 bits per heavy atom. The van der Waals surface area contributed by atoms with Crippen LogP contribution in [-0.4, -0.2) is 53.9 Å². The van der Waals surface area contributed by atoms with Crippen LogP contribution in [0.15, 0.2) is 66.7 Å². The number of carbonyl (C=O) groups excluding carboxylic acids is 3. The van der Waals surface area contributed by atoms with Gasteiger partial charge >= 0.3 is 12.1 Å². The van der Waals surface area contributed by atoms with E-state index >= 15 is 0 Å². The van der Waals surface area contributed by atoms with Gasteiger partial charge in [-0.05, 0) is 17.7 Å². The molecule has 3 N–H and O–H groups in total. The number of aromatic nitrogens is 1. The molecule has 0 aliphatic heterocycles. The van der Waals surface area contributed by atoms with Crippen molar-refractivity contribution in [1.82, 2.24) is 15.6 Å². The van der Waals surface area contributed by atoms with Gasteiger partial charge in [0, 0.05) is 24.0 Å². The van der Waals surface area contributed by atoms with Crippen molar-refractivity contribution in [3.63, 3.8) is 0 Å². The molecule has 9 nitrogen and oxygen atoms in total. The highest BCUT2D eigenvalue weighted by atomic mass is 16.5. The highest BCUT2D eigenvalue weighted by Crippen LogP contribution is 2.13. The number of ether oxygens (including phenoxy) is 2. The second-order valence-electron chi connectivity index (χ2n) is 7.64. The maximum absolute atomic E-state index is 12.4. The molecule has 1 aromatic heterocycles. The summed E-state index contributed by atoms with van der Waals surface area (Å²) < 4.78 is 9.86. The fourth-order valence-corrected chi connectivity index (χ4v) is 3.28. The van der Waals surface area contributed by atoms with Crippen LogP contribution < -0.4 is 10.6 Å². The smallest absolute Gasteiger partial charge is 0.407 e. The van der Waals surface area contributed by atoms with E-state index in [2.05, 4.69) is 15.6 Å². The van der Waals surface area contributed by atoms with Gasteiger partial charge in [0.05, 0.1) is 25.2 Å². The fraction of sp³-hybridized carbons (Fsp3) is 0.280. The molecule has 0 saturated heterocycles. The molecule has 0 aliphatic rings. The number of alkyl carbamates (subject to hydrolysis) is 1. The lowest BCUT2D eigenvalue weighted by atomic mass is 10.1. The van der Waals surface area contributed by atoms with Crippen molar-refractivity contribution in [3.05, 3.63) is 78.0 Å². The largest absolute Gasteiger partial charge is 0.467 e. The number of para-hydroxylation sites is 1. The number of fused-ring (bicyclic) bond motifs is 1. The van der Waals surface area contributed by atoms with E-state index in [-0.39, 0.29) is 26.0 Å². The lowest BCUT2D eigenvalue weighted by Gasteiger charge is -2.18. The number of nitrogens with one attached hydrogen (secondary N) is 2. The van der Waals surface area contributed by atoms with Gasteiger partial charge in [0.25, 0.3) is 0 Å². The monoisotopic (exact) mass is 465 g/mol. The third-order valence-corrected chi connectivity index (χ3v) is 5.01. The minimum atomic E-state index is -1.17. The standard InChI is InChI=1S/C25H27N3O6/c1-33-24(31)22(13-19-12-11-18-9-5-6-10-21(18)27-19)28-23(30)14-20(29)15-26-25(32)34-16-17-7-3-2-4-8-17/h2-12,20,22,29H,13-16H2,1H3,(H,26,32)(H,28,30)/t20-,22+/m1/s1. The molecular formula is C25H27N3O6. The van der Waals surface area contributed by atoms with E-state index in [4.69, 9.17) is 9.47 Å². The topological polar surface area (TPSA) is 127 Å². The zero-order valence-corrected chi connectivity index (χ0v) is 18.8. The molecule has 0 saturated carbocycles. The minimum Gasteiger partial charge on any atom is -0.467 e. The lowest BCUT2D eigenvalue weighted by molar-refractivity contribution is -0.145. The number of aliphatic hydroxyl groups excluding tert-OH is 1.